The quantitative estimate of drug-likeness (QED) is 0.752. The van der Waals surface area contributed by atoms with Crippen molar-refractivity contribution in [1.29, 1.82) is 0 Å². The van der Waals surface area contributed by atoms with Gasteiger partial charge in [0.25, 0.3) is 5.91 Å². The highest BCUT2D eigenvalue weighted by molar-refractivity contribution is 9.10. The maximum absolute atomic E-state index is 12.3. The van der Waals surface area contributed by atoms with Crippen LogP contribution in [0.25, 0.3) is 0 Å². The van der Waals surface area contributed by atoms with Gasteiger partial charge in [-0.2, -0.15) is 0 Å². The minimum atomic E-state index is -0.406. The number of hydrogen-bond donors (Lipinski definition) is 0. The molecule has 1 amide bonds. The van der Waals surface area contributed by atoms with Gasteiger partial charge in [0.1, 0.15) is 6.54 Å². The molecule has 0 aromatic carbocycles. The lowest BCUT2D eigenvalue weighted by Gasteiger charge is -2.23. The molecule has 0 saturated carbocycles. The zero-order valence-electron chi connectivity index (χ0n) is 11.3. The van der Waals surface area contributed by atoms with E-state index in [9.17, 15) is 9.59 Å². The van der Waals surface area contributed by atoms with Gasteiger partial charge in [-0.25, -0.2) is 0 Å². The zero-order chi connectivity index (χ0) is 14.4. The van der Waals surface area contributed by atoms with Gasteiger partial charge in [-0.1, -0.05) is 13.8 Å². The van der Waals surface area contributed by atoms with Crippen molar-refractivity contribution in [3.63, 3.8) is 0 Å². The molecule has 1 heterocycles. The van der Waals surface area contributed by atoms with Crippen LogP contribution in [0.1, 0.15) is 31.1 Å². The number of hydrogen-bond acceptors (Lipinski definition) is 4. The zero-order valence-corrected chi connectivity index (χ0v) is 12.9. The van der Waals surface area contributed by atoms with Gasteiger partial charge in [-0.05, 0) is 34.8 Å². The Morgan fingerprint density at radius 2 is 2.16 bits per heavy atom. The number of amides is 1. The molecule has 1 rings (SSSR count). The van der Waals surface area contributed by atoms with E-state index in [4.69, 9.17) is 9.15 Å². The van der Waals surface area contributed by atoms with Crippen molar-refractivity contribution in [2.24, 2.45) is 5.92 Å². The Hall–Kier alpha value is -1.30. The van der Waals surface area contributed by atoms with E-state index >= 15 is 0 Å². The summed E-state index contributed by atoms with van der Waals surface area (Å²) in [6, 6.07) is 1.57. The number of halogens is 1. The van der Waals surface area contributed by atoms with E-state index in [2.05, 4.69) is 15.9 Å². The van der Waals surface area contributed by atoms with Crippen LogP contribution in [0.5, 0.6) is 0 Å². The lowest BCUT2D eigenvalue weighted by molar-refractivity contribution is -0.143. The van der Waals surface area contributed by atoms with Gasteiger partial charge in [-0.3, -0.25) is 9.59 Å². The minimum Gasteiger partial charge on any atom is -0.465 e. The summed E-state index contributed by atoms with van der Waals surface area (Å²) in [6.07, 6.45) is 1.43. The summed E-state index contributed by atoms with van der Waals surface area (Å²) in [5.41, 5.74) is 0.407. The van der Waals surface area contributed by atoms with Crippen molar-refractivity contribution in [2.75, 3.05) is 19.7 Å². The van der Waals surface area contributed by atoms with Gasteiger partial charge >= 0.3 is 5.97 Å². The molecule has 0 aliphatic heterocycles. The Bertz CT molecular complexity index is 442. The molecule has 0 unspecified atom stereocenters. The SMILES string of the molecule is CCOC(=O)CN(CC(C)C)C(=O)c1ccoc1Br. The number of ether oxygens (including phenoxy) is 1. The highest BCUT2D eigenvalue weighted by Crippen LogP contribution is 2.20. The molecule has 6 heteroatoms. The van der Waals surface area contributed by atoms with E-state index in [1.54, 1.807) is 13.0 Å². The van der Waals surface area contributed by atoms with E-state index in [0.717, 1.165) is 0 Å². The normalized spacial score (nSPS) is 10.6. The van der Waals surface area contributed by atoms with E-state index in [1.807, 2.05) is 13.8 Å². The smallest absolute Gasteiger partial charge is 0.325 e. The molecular formula is C13H18BrNO4. The van der Waals surface area contributed by atoms with Crippen LogP contribution in [0, 0.1) is 5.92 Å². The van der Waals surface area contributed by atoms with E-state index < -0.39 is 5.97 Å². The molecule has 0 fully saturated rings. The summed E-state index contributed by atoms with van der Waals surface area (Å²) >= 11 is 3.17. The maximum Gasteiger partial charge on any atom is 0.325 e. The van der Waals surface area contributed by atoms with Gasteiger partial charge in [0.15, 0.2) is 4.67 Å². The molecule has 0 radical (unpaired) electrons. The summed E-state index contributed by atoms with van der Waals surface area (Å²) in [7, 11) is 0. The number of furan rings is 1. The van der Waals surface area contributed by atoms with E-state index in [1.165, 1.54) is 11.2 Å². The Kier molecular flexibility index (Phi) is 6.08. The highest BCUT2D eigenvalue weighted by Gasteiger charge is 2.23. The predicted molar refractivity (Wildman–Crippen MR) is 73.8 cm³/mol. The van der Waals surface area contributed by atoms with Crippen LogP contribution in [0.3, 0.4) is 0 Å². The average Bonchev–Trinajstić information content (AvgIpc) is 2.73. The Labute approximate surface area is 121 Å². The number of carbonyl (C=O) groups excluding carboxylic acids is 2. The average molecular weight is 332 g/mol. The molecule has 5 nitrogen and oxygen atoms in total. The number of nitrogens with zero attached hydrogens (tertiary/aromatic N) is 1. The summed E-state index contributed by atoms with van der Waals surface area (Å²) in [6.45, 7) is 6.43. The largest absolute Gasteiger partial charge is 0.465 e. The second kappa shape index (κ2) is 7.33. The fourth-order valence-corrected chi connectivity index (χ4v) is 2.05. The van der Waals surface area contributed by atoms with Gasteiger partial charge in [0, 0.05) is 6.54 Å². The molecule has 0 aliphatic rings. The minimum absolute atomic E-state index is 0.0531. The summed E-state index contributed by atoms with van der Waals surface area (Å²) < 4.78 is 10.3. The highest BCUT2D eigenvalue weighted by atomic mass is 79.9. The van der Waals surface area contributed by atoms with Crippen molar-refractivity contribution >= 4 is 27.8 Å². The van der Waals surface area contributed by atoms with E-state index in [-0.39, 0.29) is 18.4 Å². The number of esters is 1. The first-order chi connectivity index (χ1) is 8.95. The van der Waals surface area contributed by atoms with Gasteiger partial charge in [-0.15, -0.1) is 0 Å². The molecule has 0 spiro atoms. The Morgan fingerprint density at radius 1 is 1.47 bits per heavy atom. The van der Waals surface area contributed by atoms with Crippen LogP contribution in [0.4, 0.5) is 0 Å². The predicted octanol–water partition coefficient (Wildman–Crippen LogP) is 2.70. The third-order valence-corrected chi connectivity index (χ3v) is 2.96. The van der Waals surface area contributed by atoms with Crippen LogP contribution in [-0.2, 0) is 9.53 Å². The molecule has 0 saturated heterocycles. The van der Waals surface area contributed by atoms with Gasteiger partial charge < -0.3 is 14.1 Å². The lowest BCUT2D eigenvalue weighted by atomic mass is 10.2. The first kappa shape index (κ1) is 15.8. The molecule has 0 bridgehead atoms. The third kappa shape index (κ3) is 4.70. The van der Waals surface area contributed by atoms with Gasteiger partial charge in [0.2, 0.25) is 0 Å². The van der Waals surface area contributed by atoms with Crippen molar-refractivity contribution in [2.45, 2.75) is 20.8 Å². The molecule has 1 aromatic rings. The topological polar surface area (TPSA) is 59.8 Å². The van der Waals surface area contributed by atoms with Crippen LogP contribution in [0.15, 0.2) is 21.4 Å². The standard InChI is InChI=1S/C13H18BrNO4/c1-4-18-11(16)8-15(7-9(2)3)13(17)10-5-6-19-12(10)14/h5-6,9H,4,7-8H2,1-3H3. The maximum atomic E-state index is 12.3. The fourth-order valence-electron chi connectivity index (χ4n) is 1.64. The second-order valence-electron chi connectivity index (χ2n) is 4.49. The number of rotatable bonds is 6. The first-order valence-corrected chi connectivity index (χ1v) is 6.92. The fraction of sp³-hybridized carbons (Fsp3) is 0.538. The molecular weight excluding hydrogens is 314 g/mol. The van der Waals surface area contributed by atoms with E-state index in [0.29, 0.717) is 23.4 Å². The first-order valence-electron chi connectivity index (χ1n) is 6.13. The van der Waals surface area contributed by atoms with Crippen LogP contribution in [0.2, 0.25) is 0 Å². The molecule has 0 N–H and O–H groups in total. The molecule has 1 aromatic heterocycles. The summed E-state index contributed by atoms with van der Waals surface area (Å²) in [5.74, 6) is -0.400. The molecule has 106 valence electrons. The number of carbonyl (C=O) groups is 2. The molecule has 0 atom stereocenters. The van der Waals surface area contributed by atoms with Crippen LogP contribution < -0.4 is 0 Å². The molecule has 0 aliphatic carbocycles. The Balaban J connectivity index is 2.81. The Morgan fingerprint density at radius 3 is 2.63 bits per heavy atom. The summed E-state index contributed by atoms with van der Waals surface area (Å²) in [5, 5.41) is 0. The van der Waals surface area contributed by atoms with Crippen LogP contribution in [-0.4, -0.2) is 36.5 Å². The third-order valence-electron chi connectivity index (χ3n) is 2.35. The van der Waals surface area contributed by atoms with Crippen molar-refractivity contribution in [1.82, 2.24) is 4.90 Å². The summed E-state index contributed by atoms with van der Waals surface area (Å²) in [4.78, 5) is 25.3. The van der Waals surface area contributed by atoms with Crippen molar-refractivity contribution < 1.29 is 18.7 Å². The molecule has 19 heavy (non-hydrogen) atoms. The van der Waals surface area contributed by atoms with Crippen molar-refractivity contribution in [3.8, 4) is 0 Å². The second-order valence-corrected chi connectivity index (χ2v) is 5.21. The van der Waals surface area contributed by atoms with Crippen molar-refractivity contribution in [3.05, 3.63) is 22.6 Å². The monoisotopic (exact) mass is 331 g/mol. The van der Waals surface area contributed by atoms with Crippen LogP contribution >= 0.6 is 15.9 Å². The lowest BCUT2D eigenvalue weighted by Crippen LogP contribution is -2.38. The van der Waals surface area contributed by atoms with Gasteiger partial charge in [0.05, 0.1) is 18.4 Å².